The lowest BCUT2D eigenvalue weighted by atomic mass is 10.1. The van der Waals surface area contributed by atoms with Crippen molar-refractivity contribution in [3.63, 3.8) is 0 Å². The summed E-state index contributed by atoms with van der Waals surface area (Å²) in [5, 5.41) is 3.36. The van der Waals surface area contributed by atoms with Gasteiger partial charge in [0, 0.05) is 32.6 Å². The second-order valence-corrected chi connectivity index (χ2v) is 4.07. The van der Waals surface area contributed by atoms with Crippen molar-refractivity contribution in [1.29, 1.82) is 0 Å². The highest BCUT2D eigenvalue weighted by Gasteiger charge is 2.20. The Hall–Kier alpha value is -1.35. The first kappa shape index (κ1) is 8.92. The normalized spacial score (nSPS) is 20.0. The third-order valence-electron chi connectivity index (χ3n) is 3.07. The van der Waals surface area contributed by atoms with E-state index in [2.05, 4.69) is 34.5 Å². The highest BCUT2D eigenvalue weighted by molar-refractivity contribution is 5.92. The Morgan fingerprint density at radius 1 is 1.13 bits per heavy atom. The van der Waals surface area contributed by atoms with Crippen LogP contribution < -0.4 is 5.32 Å². The largest absolute Gasteiger partial charge is 0.357 e. The van der Waals surface area contributed by atoms with Crippen molar-refractivity contribution >= 4 is 11.5 Å². The molecule has 3 rings (SSSR count). The van der Waals surface area contributed by atoms with Crippen molar-refractivity contribution in [2.75, 3.05) is 26.2 Å². The minimum Gasteiger partial charge on any atom is -0.357 e. The van der Waals surface area contributed by atoms with Crippen molar-refractivity contribution in [3.8, 4) is 0 Å². The Morgan fingerprint density at radius 2 is 1.93 bits per heavy atom. The van der Waals surface area contributed by atoms with Crippen LogP contribution in [-0.4, -0.2) is 36.9 Å². The summed E-state index contributed by atoms with van der Waals surface area (Å²) in [7, 11) is 0. The van der Waals surface area contributed by atoms with Crippen LogP contribution in [0.15, 0.2) is 29.3 Å². The van der Waals surface area contributed by atoms with Crippen LogP contribution in [0.5, 0.6) is 0 Å². The van der Waals surface area contributed by atoms with Crippen molar-refractivity contribution in [2.24, 2.45) is 4.99 Å². The molecule has 0 bridgehead atoms. The first-order valence-corrected chi connectivity index (χ1v) is 5.54. The lowest BCUT2D eigenvalue weighted by Gasteiger charge is -2.29. The molecule has 1 saturated heterocycles. The SMILES string of the molecule is c1ccc2c(c1)CC(N1CCNCC1)=N2. The lowest BCUT2D eigenvalue weighted by molar-refractivity contribution is 0.354. The second-order valence-electron chi connectivity index (χ2n) is 4.07. The van der Waals surface area contributed by atoms with E-state index in [0.29, 0.717) is 0 Å². The van der Waals surface area contributed by atoms with Gasteiger partial charge in [0.1, 0.15) is 5.84 Å². The van der Waals surface area contributed by atoms with Gasteiger partial charge in [0.15, 0.2) is 0 Å². The summed E-state index contributed by atoms with van der Waals surface area (Å²) in [6.07, 6.45) is 1.01. The zero-order valence-electron chi connectivity index (χ0n) is 8.74. The van der Waals surface area contributed by atoms with Crippen LogP contribution in [0.2, 0.25) is 0 Å². The maximum absolute atomic E-state index is 4.69. The Kier molecular flexibility index (Phi) is 2.18. The first-order chi connectivity index (χ1) is 7.43. The molecule has 0 aromatic heterocycles. The number of hydrogen-bond acceptors (Lipinski definition) is 3. The molecule has 3 nitrogen and oxygen atoms in total. The van der Waals surface area contributed by atoms with E-state index in [1.807, 2.05) is 0 Å². The van der Waals surface area contributed by atoms with Gasteiger partial charge < -0.3 is 10.2 Å². The molecule has 0 radical (unpaired) electrons. The van der Waals surface area contributed by atoms with E-state index >= 15 is 0 Å². The van der Waals surface area contributed by atoms with Crippen molar-refractivity contribution in [2.45, 2.75) is 6.42 Å². The van der Waals surface area contributed by atoms with Crippen LogP contribution in [0, 0.1) is 0 Å². The molecule has 0 atom stereocenters. The number of aliphatic imine (C=N–C) groups is 1. The fraction of sp³-hybridized carbons (Fsp3) is 0.417. The molecule has 3 heteroatoms. The average molecular weight is 201 g/mol. The Bertz CT molecular complexity index is 392. The molecule has 78 valence electrons. The Labute approximate surface area is 89.8 Å². The molecule has 1 aromatic carbocycles. The zero-order chi connectivity index (χ0) is 10.1. The monoisotopic (exact) mass is 201 g/mol. The van der Waals surface area contributed by atoms with E-state index in [1.165, 1.54) is 11.4 Å². The standard InChI is InChI=1S/C12H15N3/c1-2-4-11-10(3-1)9-12(14-11)15-7-5-13-6-8-15/h1-4,13H,5-9H2. The third-order valence-corrected chi connectivity index (χ3v) is 3.07. The minimum atomic E-state index is 1.01. The first-order valence-electron chi connectivity index (χ1n) is 5.54. The highest BCUT2D eigenvalue weighted by atomic mass is 15.2. The summed E-state index contributed by atoms with van der Waals surface area (Å²) in [5.41, 5.74) is 2.53. The van der Waals surface area contributed by atoms with Gasteiger partial charge in [-0.1, -0.05) is 18.2 Å². The van der Waals surface area contributed by atoms with E-state index in [9.17, 15) is 0 Å². The Balaban J connectivity index is 1.81. The minimum absolute atomic E-state index is 1.01. The summed E-state index contributed by atoms with van der Waals surface area (Å²) in [4.78, 5) is 7.09. The number of nitrogens with one attached hydrogen (secondary N) is 1. The molecule has 1 aromatic rings. The van der Waals surface area contributed by atoms with E-state index in [0.717, 1.165) is 38.3 Å². The lowest BCUT2D eigenvalue weighted by Crippen LogP contribution is -2.46. The maximum Gasteiger partial charge on any atom is 0.109 e. The fourth-order valence-corrected chi connectivity index (χ4v) is 2.22. The molecule has 1 fully saturated rings. The van der Waals surface area contributed by atoms with Gasteiger partial charge in [-0.25, -0.2) is 4.99 Å². The van der Waals surface area contributed by atoms with E-state index in [-0.39, 0.29) is 0 Å². The molecular formula is C12H15N3. The number of nitrogens with zero attached hydrogens (tertiary/aromatic N) is 2. The van der Waals surface area contributed by atoms with Gasteiger partial charge in [0.05, 0.1) is 5.69 Å². The predicted molar refractivity (Wildman–Crippen MR) is 61.7 cm³/mol. The molecule has 2 aliphatic heterocycles. The third kappa shape index (κ3) is 1.63. The number of para-hydroxylation sites is 1. The zero-order valence-corrected chi connectivity index (χ0v) is 8.74. The van der Waals surface area contributed by atoms with Gasteiger partial charge in [0.2, 0.25) is 0 Å². The van der Waals surface area contributed by atoms with Crippen LogP contribution in [0.1, 0.15) is 5.56 Å². The van der Waals surface area contributed by atoms with E-state index < -0.39 is 0 Å². The van der Waals surface area contributed by atoms with E-state index in [1.54, 1.807) is 0 Å². The summed E-state index contributed by atoms with van der Waals surface area (Å²) in [6.45, 7) is 4.34. The fourth-order valence-electron chi connectivity index (χ4n) is 2.22. The smallest absolute Gasteiger partial charge is 0.109 e. The van der Waals surface area contributed by atoms with Crippen LogP contribution in [0.4, 0.5) is 5.69 Å². The molecule has 0 saturated carbocycles. The van der Waals surface area contributed by atoms with Gasteiger partial charge in [-0.2, -0.15) is 0 Å². The second kappa shape index (κ2) is 3.66. The molecule has 0 spiro atoms. The number of hydrogen-bond donors (Lipinski definition) is 1. The van der Waals surface area contributed by atoms with Crippen LogP contribution in [0.3, 0.4) is 0 Å². The van der Waals surface area contributed by atoms with Gasteiger partial charge in [-0.05, 0) is 11.6 Å². The van der Waals surface area contributed by atoms with Gasteiger partial charge in [0.25, 0.3) is 0 Å². The molecule has 0 amide bonds. The summed E-state index contributed by atoms with van der Waals surface area (Å²) in [6, 6.07) is 8.43. The van der Waals surface area contributed by atoms with E-state index in [4.69, 9.17) is 4.99 Å². The number of rotatable bonds is 0. The predicted octanol–water partition coefficient (Wildman–Crippen LogP) is 1.18. The molecule has 0 unspecified atom stereocenters. The average Bonchev–Trinajstić information content (AvgIpc) is 2.74. The molecule has 0 aliphatic carbocycles. The molecule has 15 heavy (non-hydrogen) atoms. The van der Waals surface area contributed by atoms with Crippen molar-refractivity contribution < 1.29 is 0 Å². The van der Waals surface area contributed by atoms with Gasteiger partial charge >= 0.3 is 0 Å². The van der Waals surface area contributed by atoms with Crippen molar-refractivity contribution in [3.05, 3.63) is 29.8 Å². The highest BCUT2D eigenvalue weighted by Crippen LogP contribution is 2.26. The maximum atomic E-state index is 4.69. The quantitative estimate of drug-likeness (QED) is 0.682. The van der Waals surface area contributed by atoms with Crippen LogP contribution in [-0.2, 0) is 6.42 Å². The Morgan fingerprint density at radius 3 is 2.73 bits per heavy atom. The molecule has 1 N–H and O–H groups in total. The summed E-state index contributed by atoms with van der Waals surface area (Å²) < 4.78 is 0. The summed E-state index contributed by atoms with van der Waals surface area (Å²) >= 11 is 0. The topological polar surface area (TPSA) is 27.6 Å². The molecule has 2 heterocycles. The number of amidine groups is 1. The van der Waals surface area contributed by atoms with Gasteiger partial charge in [-0.15, -0.1) is 0 Å². The van der Waals surface area contributed by atoms with Crippen molar-refractivity contribution in [1.82, 2.24) is 10.2 Å². The summed E-state index contributed by atoms with van der Waals surface area (Å²) in [5.74, 6) is 1.25. The number of fused-ring (bicyclic) bond motifs is 1. The van der Waals surface area contributed by atoms with Crippen LogP contribution >= 0.6 is 0 Å². The number of piperazine rings is 1. The molecule has 2 aliphatic rings. The van der Waals surface area contributed by atoms with Crippen LogP contribution in [0.25, 0.3) is 0 Å². The molecular weight excluding hydrogens is 186 g/mol. The van der Waals surface area contributed by atoms with Gasteiger partial charge in [-0.3, -0.25) is 0 Å². The number of benzene rings is 1.